The number of nitrogens with one attached hydrogen (secondary N) is 1. The van der Waals surface area contributed by atoms with Crippen molar-refractivity contribution in [2.75, 3.05) is 13.1 Å². The quantitative estimate of drug-likeness (QED) is 0.826. The van der Waals surface area contributed by atoms with Crippen LogP contribution in [0, 0.1) is 5.41 Å². The van der Waals surface area contributed by atoms with Crippen LogP contribution in [-0.4, -0.2) is 18.2 Å². The molecule has 0 aliphatic heterocycles. The van der Waals surface area contributed by atoms with Gasteiger partial charge in [0.15, 0.2) is 0 Å². The highest BCUT2D eigenvalue weighted by Crippen LogP contribution is 2.43. The SMILES string of the molecule is CCC1(CNCC(O)c2ccc(Cl)cc2)CCC1. The predicted octanol–water partition coefficient (Wildman–Crippen LogP) is 3.54. The first kappa shape index (κ1) is 13.9. The van der Waals surface area contributed by atoms with Crippen molar-refractivity contribution in [2.24, 2.45) is 5.41 Å². The molecule has 2 rings (SSSR count). The van der Waals surface area contributed by atoms with Crippen molar-refractivity contribution in [1.29, 1.82) is 0 Å². The molecule has 100 valence electrons. The van der Waals surface area contributed by atoms with Crippen molar-refractivity contribution < 1.29 is 5.11 Å². The zero-order valence-corrected chi connectivity index (χ0v) is 11.7. The van der Waals surface area contributed by atoms with Gasteiger partial charge in [-0.05, 0) is 42.4 Å². The second-order valence-electron chi connectivity index (χ2n) is 5.41. The number of hydrogen-bond acceptors (Lipinski definition) is 2. The number of hydrogen-bond donors (Lipinski definition) is 2. The van der Waals surface area contributed by atoms with Gasteiger partial charge in [-0.15, -0.1) is 0 Å². The molecule has 0 saturated heterocycles. The van der Waals surface area contributed by atoms with Crippen molar-refractivity contribution in [3.63, 3.8) is 0 Å². The molecule has 1 unspecified atom stereocenters. The van der Waals surface area contributed by atoms with E-state index in [1.54, 1.807) is 0 Å². The van der Waals surface area contributed by atoms with Crippen LogP contribution in [0.2, 0.25) is 5.02 Å². The molecule has 1 fully saturated rings. The molecule has 1 saturated carbocycles. The van der Waals surface area contributed by atoms with Crippen molar-refractivity contribution in [1.82, 2.24) is 5.32 Å². The van der Waals surface area contributed by atoms with E-state index in [2.05, 4.69) is 12.2 Å². The molecule has 0 amide bonds. The minimum Gasteiger partial charge on any atom is -0.387 e. The van der Waals surface area contributed by atoms with Gasteiger partial charge in [0.1, 0.15) is 0 Å². The first-order valence-electron chi connectivity index (χ1n) is 6.79. The Hall–Kier alpha value is -0.570. The van der Waals surface area contributed by atoms with Crippen LogP contribution in [0.3, 0.4) is 0 Å². The number of benzene rings is 1. The first-order chi connectivity index (χ1) is 8.65. The van der Waals surface area contributed by atoms with E-state index in [-0.39, 0.29) is 0 Å². The second kappa shape index (κ2) is 6.05. The minimum atomic E-state index is -0.448. The summed E-state index contributed by atoms with van der Waals surface area (Å²) >= 11 is 5.83. The zero-order valence-electron chi connectivity index (χ0n) is 11.0. The highest BCUT2D eigenvalue weighted by molar-refractivity contribution is 6.30. The summed E-state index contributed by atoms with van der Waals surface area (Å²) in [6, 6.07) is 7.40. The maximum atomic E-state index is 10.1. The third-order valence-electron chi connectivity index (χ3n) is 4.26. The monoisotopic (exact) mass is 267 g/mol. The van der Waals surface area contributed by atoms with Gasteiger partial charge >= 0.3 is 0 Å². The summed E-state index contributed by atoms with van der Waals surface area (Å²) < 4.78 is 0. The Labute approximate surface area is 114 Å². The van der Waals surface area contributed by atoms with Crippen molar-refractivity contribution in [3.05, 3.63) is 34.9 Å². The Morgan fingerprint density at radius 2 is 2.00 bits per heavy atom. The van der Waals surface area contributed by atoms with Gasteiger partial charge < -0.3 is 10.4 Å². The molecular weight excluding hydrogens is 246 g/mol. The van der Waals surface area contributed by atoms with E-state index in [1.807, 2.05) is 24.3 Å². The van der Waals surface area contributed by atoms with Gasteiger partial charge in [0.05, 0.1) is 6.10 Å². The standard InChI is InChI=1S/C15H22ClNO/c1-2-15(8-3-9-15)11-17-10-14(18)12-4-6-13(16)7-5-12/h4-7,14,17-18H,2-3,8-11H2,1H3. The minimum absolute atomic E-state index is 0.448. The summed E-state index contributed by atoms with van der Waals surface area (Å²) in [5.74, 6) is 0. The van der Waals surface area contributed by atoms with Crippen molar-refractivity contribution >= 4 is 11.6 Å². The third-order valence-corrected chi connectivity index (χ3v) is 4.51. The van der Waals surface area contributed by atoms with E-state index in [1.165, 1.54) is 25.7 Å². The molecule has 1 atom stereocenters. The molecule has 1 aliphatic carbocycles. The lowest BCUT2D eigenvalue weighted by Gasteiger charge is -2.41. The Morgan fingerprint density at radius 3 is 2.50 bits per heavy atom. The number of aliphatic hydroxyl groups excluding tert-OH is 1. The topological polar surface area (TPSA) is 32.3 Å². The van der Waals surface area contributed by atoms with E-state index in [4.69, 9.17) is 11.6 Å². The van der Waals surface area contributed by atoms with Crippen molar-refractivity contribution in [2.45, 2.75) is 38.7 Å². The molecule has 0 aromatic heterocycles. The van der Waals surface area contributed by atoms with Crippen LogP contribution >= 0.6 is 11.6 Å². The highest BCUT2D eigenvalue weighted by atomic mass is 35.5. The molecule has 1 aromatic rings. The lowest BCUT2D eigenvalue weighted by atomic mass is 9.67. The van der Waals surface area contributed by atoms with Crippen LogP contribution in [0.1, 0.15) is 44.3 Å². The first-order valence-corrected chi connectivity index (χ1v) is 7.17. The summed E-state index contributed by atoms with van der Waals surface area (Å²) in [6.45, 7) is 3.90. The number of aliphatic hydroxyl groups is 1. The fourth-order valence-electron chi connectivity index (χ4n) is 2.61. The number of halogens is 1. The maximum Gasteiger partial charge on any atom is 0.0914 e. The molecule has 2 nitrogen and oxygen atoms in total. The summed E-state index contributed by atoms with van der Waals surface area (Å²) in [6.07, 6.45) is 4.80. The van der Waals surface area contributed by atoms with Crippen LogP contribution in [0.25, 0.3) is 0 Å². The molecule has 1 aromatic carbocycles. The van der Waals surface area contributed by atoms with Crippen LogP contribution in [0.5, 0.6) is 0 Å². The molecular formula is C15H22ClNO. The summed E-state index contributed by atoms with van der Waals surface area (Å²) in [4.78, 5) is 0. The average molecular weight is 268 g/mol. The fraction of sp³-hybridized carbons (Fsp3) is 0.600. The lowest BCUT2D eigenvalue weighted by molar-refractivity contribution is 0.110. The van der Waals surface area contributed by atoms with Gasteiger partial charge in [0.2, 0.25) is 0 Å². The van der Waals surface area contributed by atoms with Crippen LogP contribution in [0.15, 0.2) is 24.3 Å². The fourth-order valence-corrected chi connectivity index (χ4v) is 2.73. The lowest BCUT2D eigenvalue weighted by Crippen LogP contribution is -2.40. The van der Waals surface area contributed by atoms with Gasteiger partial charge in [0, 0.05) is 18.1 Å². The average Bonchev–Trinajstić information content (AvgIpc) is 2.33. The van der Waals surface area contributed by atoms with E-state index >= 15 is 0 Å². The second-order valence-corrected chi connectivity index (χ2v) is 5.84. The van der Waals surface area contributed by atoms with E-state index in [0.717, 1.165) is 12.1 Å². The molecule has 0 radical (unpaired) electrons. The highest BCUT2D eigenvalue weighted by Gasteiger charge is 2.34. The largest absolute Gasteiger partial charge is 0.387 e. The van der Waals surface area contributed by atoms with Gasteiger partial charge in [-0.1, -0.05) is 37.1 Å². The molecule has 0 spiro atoms. The van der Waals surface area contributed by atoms with Gasteiger partial charge in [-0.2, -0.15) is 0 Å². The summed E-state index contributed by atoms with van der Waals surface area (Å²) in [5.41, 5.74) is 1.42. The van der Waals surface area contributed by atoms with Crippen LogP contribution in [0.4, 0.5) is 0 Å². The van der Waals surface area contributed by atoms with Crippen molar-refractivity contribution in [3.8, 4) is 0 Å². The van der Waals surface area contributed by atoms with E-state index < -0.39 is 6.10 Å². The Kier molecular flexibility index (Phi) is 4.66. The summed E-state index contributed by atoms with van der Waals surface area (Å²) in [7, 11) is 0. The molecule has 0 heterocycles. The van der Waals surface area contributed by atoms with E-state index in [0.29, 0.717) is 17.0 Å². The third kappa shape index (κ3) is 3.25. The Morgan fingerprint density at radius 1 is 1.33 bits per heavy atom. The van der Waals surface area contributed by atoms with Gasteiger partial charge in [-0.25, -0.2) is 0 Å². The molecule has 0 bridgehead atoms. The predicted molar refractivity (Wildman–Crippen MR) is 75.9 cm³/mol. The van der Waals surface area contributed by atoms with Crippen LogP contribution in [-0.2, 0) is 0 Å². The molecule has 1 aliphatic rings. The number of rotatable bonds is 6. The zero-order chi connectivity index (χ0) is 13.0. The summed E-state index contributed by atoms with van der Waals surface area (Å²) in [5, 5.41) is 14.2. The van der Waals surface area contributed by atoms with Gasteiger partial charge in [0.25, 0.3) is 0 Å². The van der Waals surface area contributed by atoms with Crippen LogP contribution < -0.4 is 5.32 Å². The molecule has 3 heteroatoms. The van der Waals surface area contributed by atoms with E-state index in [9.17, 15) is 5.11 Å². The molecule has 2 N–H and O–H groups in total. The Bertz CT molecular complexity index is 367. The smallest absolute Gasteiger partial charge is 0.0914 e. The molecule has 18 heavy (non-hydrogen) atoms. The Balaban J connectivity index is 1.78. The maximum absolute atomic E-state index is 10.1. The normalized spacial score (nSPS) is 19.3. The van der Waals surface area contributed by atoms with Gasteiger partial charge in [-0.3, -0.25) is 0 Å².